The average Bonchev–Trinajstić information content (AvgIpc) is 2.56. The van der Waals surface area contributed by atoms with Crippen LogP contribution < -0.4 is 5.32 Å². The molecule has 0 bridgehead atoms. The number of nitrogens with one attached hydrogen (secondary N) is 1. The van der Waals surface area contributed by atoms with E-state index in [9.17, 15) is 9.59 Å². The lowest BCUT2D eigenvalue weighted by atomic mass is 10.1. The molecule has 0 aromatic rings. The van der Waals surface area contributed by atoms with E-state index in [-0.39, 0.29) is 17.9 Å². The lowest BCUT2D eigenvalue weighted by Crippen LogP contribution is -2.54. The molecule has 1 N–H and O–H groups in total. The molecule has 0 radical (unpaired) electrons. The number of amides is 2. The fourth-order valence-corrected chi connectivity index (χ4v) is 3.41. The summed E-state index contributed by atoms with van der Waals surface area (Å²) in [7, 11) is 0. The number of rotatable bonds is 7. The van der Waals surface area contributed by atoms with Crippen molar-refractivity contribution < 1.29 is 14.3 Å². The number of nitrogens with zero attached hydrogens (tertiary/aromatic N) is 3. The van der Waals surface area contributed by atoms with Crippen molar-refractivity contribution in [3.63, 3.8) is 0 Å². The molecule has 0 aliphatic carbocycles. The monoisotopic (exact) mass is 340 g/mol. The lowest BCUT2D eigenvalue weighted by molar-refractivity contribution is -0.135. The Hall–Kier alpha value is -1.18. The molecule has 0 spiro atoms. The number of likely N-dealkylation sites (tertiary alicyclic amines) is 1. The summed E-state index contributed by atoms with van der Waals surface area (Å²) in [6.07, 6.45) is 1.92. The van der Waals surface area contributed by atoms with Crippen LogP contribution >= 0.6 is 0 Å². The zero-order valence-corrected chi connectivity index (χ0v) is 15.1. The zero-order valence-electron chi connectivity index (χ0n) is 15.1. The molecule has 2 saturated heterocycles. The Morgan fingerprint density at radius 3 is 2.50 bits per heavy atom. The number of ether oxygens (including phenoxy) is 1. The minimum Gasteiger partial charge on any atom is -0.380 e. The second-order valence-electron chi connectivity index (χ2n) is 6.69. The smallest absolute Gasteiger partial charge is 0.236 e. The third kappa shape index (κ3) is 6.37. The normalized spacial score (nSPS) is 23.2. The minimum absolute atomic E-state index is 0.0162. The molecule has 7 nitrogen and oxygen atoms in total. The van der Waals surface area contributed by atoms with Crippen LogP contribution in [0.1, 0.15) is 26.7 Å². The van der Waals surface area contributed by atoms with E-state index < -0.39 is 0 Å². The second kappa shape index (κ2) is 9.96. The fourth-order valence-electron chi connectivity index (χ4n) is 3.41. The molecule has 0 aromatic carbocycles. The van der Waals surface area contributed by atoms with Crippen LogP contribution in [0.5, 0.6) is 0 Å². The molecule has 2 rings (SSSR count). The van der Waals surface area contributed by atoms with E-state index >= 15 is 0 Å². The van der Waals surface area contributed by atoms with Crippen LogP contribution in [-0.2, 0) is 14.3 Å². The quantitative estimate of drug-likeness (QED) is 0.649. The van der Waals surface area contributed by atoms with E-state index in [4.69, 9.17) is 4.74 Å². The lowest BCUT2D eigenvalue weighted by Gasteiger charge is -2.37. The van der Waals surface area contributed by atoms with Gasteiger partial charge >= 0.3 is 0 Å². The summed E-state index contributed by atoms with van der Waals surface area (Å²) >= 11 is 0. The van der Waals surface area contributed by atoms with E-state index in [0.717, 1.165) is 65.3 Å². The van der Waals surface area contributed by atoms with Crippen molar-refractivity contribution in [2.75, 3.05) is 65.6 Å². The third-order valence-electron chi connectivity index (χ3n) is 4.76. The van der Waals surface area contributed by atoms with Crippen LogP contribution in [0.25, 0.3) is 0 Å². The van der Waals surface area contributed by atoms with Crippen molar-refractivity contribution in [1.82, 2.24) is 20.0 Å². The van der Waals surface area contributed by atoms with Crippen molar-refractivity contribution >= 4 is 11.8 Å². The highest BCUT2D eigenvalue weighted by atomic mass is 16.5. The van der Waals surface area contributed by atoms with Crippen LogP contribution in [0, 0.1) is 0 Å². The van der Waals surface area contributed by atoms with Gasteiger partial charge in [-0.05, 0) is 19.8 Å². The SMILES string of the molecule is CCOCCN1CCN(CC(=O)N2CCC[C@@H](NC(C)=O)C2)CC1. The minimum atomic E-state index is -0.0162. The van der Waals surface area contributed by atoms with Gasteiger partial charge in [0.05, 0.1) is 13.2 Å². The number of hydrogen-bond donors (Lipinski definition) is 1. The maximum atomic E-state index is 12.5. The summed E-state index contributed by atoms with van der Waals surface area (Å²) in [5.41, 5.74) is 0. The third-order valence-corrected chi connectivity index (χ3v) is 4.76. The van der Waals surface area contributed by atoms with E-state index in [2.05, 4.69) is 15.1 Å². The van der Waals surface area contributed by atoms with E-state index in [1.54, 1.807) is 0 Å². The molecular weight excluding hydrogens is 308 g/mol. The first-order chi connectivity index (χ1) is 11.6. The van der Waals surface area contributed by atoms with Gasteiger partial charge in [0.2, 0.25) is 11.8 Å². The van der Waals surface area contributed by atoms with E-state index in [0.29, 0.717) is 13.1 Å². The van der Waals surface area contributed by atoms with Gasteiger partial charge in [0, 0.05) is 65.4 Å². The molecule has 2 heterocycles. The van der Waals surface area contributed by atoms with Crippen LogP contribution in [0.4, 0.5) is 0 Å². The summed E-state index contributed by atoms with van der Waals surface area (Å²) < 4.78 is 5.40. The van der Waals surface area contributed by atoms with Crippen LogP contribution in [-0.4, -0.2) is 98.1 Å². The largest absolute Gasteiger partial charge is 0.380 e. The Morgan fingerprint density at radius 1 is 1.12 bits per heavy atom. The van der Waals surface area contributed by atoms with Gasteiger partial charge < -0.3 is 15.0 Å². The van der Waals surface area contributed by atoms with E-state index in [1.165, 1.54) is 6.92 Å². The van der Waals surface area contributed by atoms with Gasteiger partial charge in [-0.1, -0.05) is 0 Å². The first-order valence-electron chi connectivity index (χ1n) is 9.15. The van der Waals surface area contributed by atoms with Crippen molar-refractivity contribution in [3.8, 4) is 0 Å². The standard InChI is InChI=1S/C17H32N4O3/c1-3-24-12-11-19-7-9-20(10-8-19)14-17(23)21-6-4-5-16(13-21)18-15(2)22/h16H,3-14H2,1-2H3,(H,18,22)/t16-/m1/s1. The predicted octanol–water partition coefficient (Wildman–Crippen LogP) is -0.232. The van der Waals surface area contributed by atoms with Gasteiger partial charge in [-0.25, -0.2) is 0 Å². The first kappa shape index (κ1) is 19.1. The Balaban J connectivity index is 1.68. The molecule has 2 aliphatic rings. The molecule has 0 aromatic heterocycles. The fraction of sp³-hybridized carbons (Fsp3) is 0.882. The molecular formula is C17H32N4O3. The van der Waals surface area contributed by atoms with Crippen molar-refractivity contribution in [1.29, 1.82) is 0 Å². The second-order valence-corrected chi connectivity index (χ2v) is 6.69. The summed E-state index contributed by atoms with van der Waals surface area (Å²) in [5, 5.41) is 2.94. The van der Waals surface area contributed by atoms with Crippen LogP contribution in [0.15, 0.2) is 0 Å². The Kier molecular flexibility index (Phi) is 7.94. The molecule has 2 fully saturated rings. The van der Waals surface area contributed by atoms with E-state index in [1.807, 2.05) is 11.8 Å². The summed E-state index contributed by atoms with van der Waals surface area (Å²) in [4.78, 5) is 30.3. The highest BCUT2D eigenvalue weighted by Gasteiger charge is 2.26. The van der Waals surface area contributed by atoms with Gasteiger partial charge in [0.15, 0.2) is 0 Å². The number of hydrogen-bond acceptors (Lipinski definition) is 5. The molecule has 2 aliphatic heterocycles. The van der Waals surface area contributed by atoms with Crippen molar-refractivity contribution in [2.45, 2.75) is 32.7 Å². The Morgan fingerprint density at radius 2 is 1.83 bits per heavy atom. The highest BCUT2D eigenvalue weighted by Crippen LogP contribution is 2.11. The number of carbonyl (C=O) groups is 2. The number of piperidine rings is 1. The van der Waals surface area contributed by atoms with Crippen molar-refractivity contribution in [3.05, 3.63) is 0 Å². The summed E-state index contributed by atoms with van der Waals surface area (Å²) in [6, 6.07) is 0.107. The molecule has 2 amide bonds. The van der Waals surface area contributed by atoms with Crippen molar-refractivity contribution in [2.24, 2.45) is 0 Å². The maximum Gasteiger partial charge on any atom is 0.236 e. The maximum absolute atomic E-state index is 12.5. The van der Waals surface area contributed by atoms with Crippen LogP contribution in [0.2, 0.25) is 0 Å². The Labute approximate surface area is 145 Å². The van der Waals surface area contributed by atoms with Gasteiger partial charge in [-0.3, -0.25) is 19.4 Å². The van der Waals surface area contributed by atoms with Gasteiger partial charge in [-0.15, -0.1) is 0 Å². The Bertz CT molecular complexity index is 411. The molecule has 138 valence electrons. The first-order valence-corrected chi connectivity index (χ1v) is 9.15. The summed E-state index contributed by atoms with van der Waals surface area (Å²) in [5.74, 6) is 0.172. The number of piperazine rings is 1. The van der Waals surface area contributed by atoms with Gasteiger partial charge in [-0.2, -0.15) is 0 Å². The highest BCUT2D eigenvalue weighted by molar-refractivity contribution is 5.78. The molecule has 24 heavy (non-hydrogen) atoms. The number of carbonyl (C=O) groups excluding carboxylic acids is 2. The average molecular weight is 340 g/mol. The molecule has 7 heteroatoms. The van der Waals surface area contributed by atoms with Gasteiger partial charge in [0.25, 0.3) is 0 Å². The molecule has 1 atom stereocenters. The molecule has 0 saturated carbocycles. The topological polar surface area (TPSA) is 65.1 Å². The molecule has 0 unspecified atom stereocenters. The van der Waals surface area contributed by atoms with Gasteiger partial charge in [0.1, 0.15) is 0 Å². The predicted molar refractivity (Wildman–Crippen MR) is 92.8 cm³/mol. The van der Waals surface area contributed by atoms with Crippen LogP contribution in [0.3, 0.4) is 0 Å². The summed E-state index contributed by atoms with van der Waals surface area (Å²) in [6.45, 7) is 11.9. The zero-order chi connectivity index (χ0) is 17.4.